The first kappa shape index (κ1) is 13.9. The molecule has 1 aromatic carbocycles. The van der Waals surface area contributed by atoms with E-state index in [0.717, 1.165) is 5.56 Å². The average Bonchev–Trinajstić information content (AvgIpc) is 2.31. The highest BCUT2D eigenvalue weighted by atomic mass is 19.4. The lowest BCUT2D eigenvalue weighted by Crippen LogP contribution is -2.35. The molecule has 0 atom stereocenters. The van der Waals surface area contributed by atoms with Crippen molar-refractivity contribution >= 4 is 5.69 Å². The minimum absolute atomic E-state index is 0.105. The first-order chi connectivity index (χ1) is 9.20. The Hall–Kier alpha value is -2.51. The van der Waals surface area contributed by atoms with Crippen LogP contribution < -0.4 is 17.0 Å². The van der Waals surface area contributed by atoms with Crippen LogP contribution in [0.15, 0.2) is 33.9 Å². The Balaban J connectivity index is 2.68. The first-order valence-corrected chi connectivity index (χ1v) is 5.50. The van der Waals surface area contributed by atoms with Crippen molar-refractivity contribution in [2.24, 2.45) is 0 Å². The van der Waals surface area contributed by atoms with Gasteiger partial charge in [0.15, 0.2) is 0 Å². The second kappa shape index (κ2) is 4.55. The molecule has 8 heteroatoms. The summed E-state index contributed by atoms with van der Waals surface area (Å²) in [7, 11) is 0. The zero-order valence-electron chi connectivity index (χ0n) is 10.3. The molecule has 0 aliphatic heterocycles. The van der Waals surface area contributed by atoms with Crippen LogP contribution in [0, 0.1) is 6.92 Å². The second-order valence-electron chi connectivity index (χ2n) is 4.20. The molecule has 0 saturated heterocycles. The van der Waals surface area contributed by atoms with Gasteiger partial charge >= 0.3 is 11.9 Å². The third-order valence-corrected chi connectivity index (χ3v) is 2.76. The fraction of sp³-hybridized carbons (Fsp3) is 0.167. The number of halogens is 3. The number of anilines is 1. The zero-order chi connectivity index (χ0) is 15.1. The van der Waals surface area contributed by atoms with E-state index in [0.29, 0.717) is 16.3 Å². The van der Waals surface area contributed by atoms with E-state index >= 15 is 0 Å². The molecule has 0 amide bonds. The Morgan fingerprint density at radius 3 is 2.35 bits per heavy atom. The molecule has 0 bridgehead atoms. The molecule has 20 heavy (non-hydrogen) atoms. The van der Waals surface area contributed by atoms with Gasteiger partial charge in [-0.15, -0.1) is 0 Å². The minimum atomic E-state index is -4.79. The Labute approximate surface area is 110 Å². The third kappa shape index (κ3) is 2.44. The first-order valence-electron chi connectivity index (χ1n) is 5.50. The number of nitrogens with zero attached hydrogens (tertiary/aromatic N) is 1. The number of nitrogens with two attached hydrogens (primary N) is 1. The molecule has 0 radical (unpaired) electrons. The Morgan fingerprint density at radius 1 is 1.20 bits per heavy atom. The lowest BCUT2D eigenvalue weighted by atomic mass is 10.2. The number of nitrogens with one attached hydrogen (secondary N) is 1. The van der Waals surface area contributed by atoms with E-state index in [9.17, 15) is 22.8 Å². The normalized spacial score (nSPS) is 11.6. The SMILES string of the molecule is Cc1ccc(-n2c(=O)cc(C(F)(F)F)[nH]c2=O)cc1N. The maximum absolute atomic E-state index is 12.5. The Morgan fingerprint density at radius 2 is 1.85 bits per heavy atom. The monoisotopic (exact) mass is 285 g/mol. The van der Waals surface area contributed by atoms with Gasteiger partial charge in [0, 0.05) is 11.8 Å². The van der Waals surface area contributed by atoms with Crippen molar-refractivity contribution in [1.29, 1.82) is 0 Å². The van der Waals surface area contributed by atoms with Gasteiger partial charge in [-0.05, 0) is 24.6 Å². The Kier molecular flexibility index (Phi) is 3.16. The van der Waals surface area contributed by atoms with Crippen LogP contribution in [0.4, 0.5) is 18.9 Å². The number of nitrogen functional groups attached to an aromatic ring is 1. The van der Waals surface area contributed by atoms with E-state index in [-0.39, 0.29) is 5.69 Å². The molecule has 2 rings (SSSR count). The molecule has 0 saturated carbocycles. The van der Waals surface area contributed by atoms with Gasteiger partial charge < -0.3 is 10.7 Å². The minimum Gasteiger partial charge on any atom is -0.398 e. The molecule has 0 spiro atoms. The van der Waals surface area contributed by atoms with E-state index in [1.807, 2.05) is 0 Å². The second-order valence-corrected chi connectivity index (χ2v) is 4.20. The number of hydrogen-bond acceptors (Lipinski definition) is 3. The Bertz CT molecular complexity index is 743. The molecule has 5 nitrogen and oxygen atoms in total. The maximum atomic E-state index is 12.5. The van der Waals surface area contributed by atoms with Gasteiger partial charge in [-0.2, -0.15) is 13.2 Å². The highest BCUT2D eigenvalue weighted by Crippen LogP contribution is 2.25. The fourth-order valence-electron chi connectivity index (χ4n) is 1.66. The predicted octanol–water partition coefficient (Wildman–Crippen LogP) is 1.44. The van der Waals surface area contributed by atoms with Crippen LogP contribution in [0.1, 0.15) is 11.3 Å². The molecule has 0 aliphatic carbocycles. The van der Waals surface area contributed by atoms with Crippen LogP contribution in [-0.2, 0) is 6.18 Å². The van der Waals surface area contributed by atoms with Crippen molar-refractivity contribution in [2.45, 2.75) is 13.1 Å². The lowest BCUT2D eigenvalue weighted by molar-refractivity contribution is -0.141. The van der Waals surface area contributed by atoms with E-state index in [4.69, 9.17) is 5.73 Å². The highest BCUT2D eigenvalue weighted by molar-refractivity contribution is 5.53. The summed E-state index contributed by atoms with van der Waals surface area (Å²) in [5, 5.41) is 0. The average molecular weight is 285 g/mol. The summed E-state index contributed by atoms with van der Waals surface area (Å²) >= 11 is 0. The molecule has 0 unspecified atom stereocenters. The number of alkyl halides is 3. The fourth-order valence-corrected chi connectivity index (χ4v) is 1.66. The van der Waals surface area contributed by atoms with Gasteiger partial charge in [0.05, 0.1) is 5.69 Å². The number of aromatic amines is 1. The van der Waals surface area contributed by atoms with Crippen LogP contribution in [0.3, 0.4) is 0 Å². The van der Waals surface area contributed by atoms with Crippen LogP contribution in [-0.4, -0.2) is 9.55 Å². The lowest BCUT2D eigenvalue weighted by Gasteiger charge is -2.10. The van der Waals surface area contributed by atoms with Crippen LogP contribution >= 0.6 is 0 Å². The van der Waals surface area contributed by atoms with Gasteiger partial charge in [0.2, 0.25) is 0 Å². The maximum Gasteiger partial charge on any atom is 0.431 e. The van der Waals surface area contributed by atoms with Crippen molar-refractivity contribution in [3.8, 4) is 5.69 Å². The number of aromatic nitrogens is 2. The van der Waals surface area contributed by atoms with Gasteiger partial charge in [-0.25, -0.2) is 9.36 Å². The largest absolute Gasteiger partial charge is 0.431 e. The van der Waals surface area contributed by atoms with Crippen molar-refractivity contribution < 1.29 is 13.2 Å². The summed E-state index contributed by atoms with van der Waals surface area (Å²) in [6.45, 7) is 1.72. The van der Waals surface area contributed by atoms with E-state index in [1.54, 1.807) is 18.0 Å². The predicted molar refractivity (Wildman–Crippen MR) is 66.8 cm³/mol. The molecule has 2 aromatic rings. The summed E-state index contributed by atoms with van der Waals surface area (Å²) < 4.78 is 38.0. The topological polar surface area (TPSA) is 80.9 Å². The van der Waals surface area contributed by atoms with Gasteiger partial charge in [-0.3, -0.25) is 4.79 Å². The summed E-state index contributed by atoms with van der Waals surface area (Å²) in [6.07, 6.45) is -4.79. The standard InChI is InChI=1S/C12H10F3N3O2/c1-6-2-3-7(4-8(6)16)18-10(19)5-9(12(13,14)15)17-11(18)20/h2-5H,16H2,1H3,(H,17,20). The van der Waals surface area contributed by atoms with Gasteiger partial charge in [-0.1, -0.05) is 6.07 Å². The van der Waals surface area contributed by atoms with Crippen molar-refractivity contribution in [2.75, 3.05) is 5.73 Å². The number of aryl methyl sites for hydroxylation is 1. The van der Waals surface area contributed by atoms with Crippen molar-refractivity contribution in [3.05, 3.63) is 56.4 Å². The molecule has 1 aromatic heterocycles. The highest BCUT2D eigenvalue weighted by Gasteiger charge is 2.33. The van der Waals surface area contributed by atoms with Crippen molar-refractivity contribution in [3.63, 3.8) is 0 Å². The third-order valence-electron chi connectivity index (χ3n) is 2.76. The number of rotatable bonds is 1. The van der Waals surface area contributed by atoms with Crippen LogP contribution in [0.2, 0.25) is 0 Å². The van der Waals surface area contributed by atoms with Gasteiger partial charge in [0.25, 0.3) is 5.56 Å². The molecule has 0 fully saturated rings. The van der Waals surface area contributed by atoms with E-state index in [1.165, 1.54) is 12.1 Å². The van der Waals surface area contributed by atoms with Gasteiger partial charge in [0.1, 0.15) is 5.69 Å². The smallest absolute Gasteiger partial charge is 0.398 e. The molecule has 0 aliphatic rings. The number of hydrogen-bond donors (Lipinski definition) is 2. The number of H-pyrrole nitrogens is 1. The molecular formula is C12H10F3N3O2. The molecule has 106 valence electrons. The molecule has 3 N–H and O–H groups in total. The summed E-state index contributed by atoms with van der Waals surface area (Å²) in [5.41, 5.74) is 3.17. The van der Waals surface area contributed by atoms with Crippen LogP contribution in [0.5, 0.6) is 0 Å². The zero-order valence-corrected chi connectivity index (χ0v) is 10.3. The summed E-state index contributed by atoms with van der Waals surface area (Å²) in [5.74, 6) is 0. The van der Waals surface area contributed by atoms with Crippen molar-refractivity contribution in [1.82, 2.24) is 9.55 Å². The quantitative estimate of drug-likeness (QED) is 0.778. The van der Waals surface area contributed by atoms with E-state index in [2.05, 4.69) is 0 Å². The summed E-state index contributed by atoms with van der Waals surface area (Å²) in [6, 6.07) is 4.67. The molecular weight excluding hydrogens is 275 g/mol. The van der Waals surface area contributed by atoms with E-state index < -0.39 is 23.1 Å². The van der Waals surface area contributed by atoms with Crippen LogP contribution in [0.25, 0.3) is 5.69 Å². The molecule has 1 heterocycles. The summed E-state index contributed by atoms with van der Waals surface area (Å²) in [4.78, 5) is 25.0. The number of benzene rings is 1.